The van der Waals surface area contributed by atoms with Crippen LogP contribution < -0.4 is 5.32 Å². The van der Waals surface area contributed by atoms with Gasteiger partial charge in [0.15, 0.2) is 0 Å². The highest BCUT2D eigenvalue weighted by Crippen LogP contribution is 2.09. The van der Waals surface area contributed by atoms with Gasteiger partial charge in [0.1, 0.15) is 0 Å². The second-order valence-electron chi connectivity index (χ2n) is 6.19. The van der Waals surface area contributed by atoms with Crippen LogP contribution in [0.3, 0.4) is 0 Å². The van der Waals surface area contributed by atoms with Gasteiger partial charge in [0.05, 0.1) is 0 Å². The summed E-state index contributed by atoms with van der Waals surface area (Å²) in [6.07, 6.45) is 3.45. The molecule has 0 saturated heterocycles. The molecule has 0 heterocycles. The Kier molecular flexibility index (Phi) is 7.42. The summed E-state index contributed by atoms with van der Waals surface area (Å²) in [5.74, 6) is -0.0736. The highest BCUT2D eigenvalue weighted by molar-refractivity contribution is 5.91. The molecule has 1 amide bonds. The molecule has 3 nitrogen and oxygen atoms in total. The van der Waals surface area contributed by atoms with E-state index in [-0.39, 0.29) is 5.91 Å². The molecule has 0 unspecified atom stereocenters. The molecule has 0 atom stereocenters. The van der Waals surface area contributed by atoms with Crippen LogP contribution >= 0.6 is 0 Å². The molecule has 0 spiro atoms. The van der Waals surface area contributed by atoms with Crippen molar-refractivity contribution in [1.29, 1.82) is 0 Å². The van der Waals surface area contributed by atoms with E-state index in [1.54, 1.807) is 6.08 Å². The third kappa shape index (κ3) is 6.20. The lowest BCUT2D eigenvalue weighted by molar-refractivity contribution is -0.116. The Morgan fingerprint density at radius 1 is 1.00 bits per heavy atom. The Balaban J connectivity index is 1.84. The largest absolute Gasteiger partial charge is 0.348 e. The number of rotatable bonds is 8. The Bertz CT molecular complexity index is 700. The van der Waals surface area contributed by atoms with Crippen LogP contribution in [0.4, 0.5) is 0 Å². The van der Waals surface area contributed by atoms with Gasteiger partial charge >= 0.3 is 0 Å². The van der Waals surface area contributed by atoms with E-state index < -0.39 is 0 Å². The molecule has 2 aromatic carbocycles. The van der Waals surface area contributed by atoms with Crippen LogP contribution in [-0.2, 0) is 17.9 Å². The lowest BCUT2D eigenvalue weighted by Crippen LogP contribution is -2.22. The standard InChI is InChI=1S/C22H28N2O/c1-4-24(5-2)17-20-12-10-19(11-13-20)16-23-22(25)15-14-21-9-7-6-8-18(21)3/h6-15H,4-5,16-17H2,1-3H3,(H,23,25)/b15-14+. The van der Waals surface area contributed by atoms with Crippen LogP contribution in [0.2, 0.25) is 0 Å². The molecule has 0 saturated carbocycles. The van der Waals surface area contributed by atoms with Gasteiger partial charge in [-0.2, -0.15) is 0 Å². The zero-order valence-corrected chi connectivity index (χ0v) is 15.5. The van der Waals surface area contributed by atoms with E-state index in [9.17, 15) is 4.79 Å². The van der Waals surface area contributed by atoms with E-state index in [2.05, 4.69) is 48.3 Å². The molecule has 3 heteroatoms. The van der Waals surface area contributed by atoms with Crippen LogP contribution in [0.15, 0.2) is 54.6 Å². The fourth-order valence-corrected chi connectivity index (χ4v) is 2.66. The molecule has 0 radical (unpaired) electrons. The summed E-state index contributed by atoms with van der Waals surface area (Å²) in [5.41, 5.74) is 4.65. The maximum Gasteiger partial charge on any atom is 0.244 e. The normalized spacial score (nSPS) is 11.2. The summed E-state index contributed by atoms with van der Waals surface area (Å²) >= 11 is 0. The number of carbonyl (C=O) groups is 1. The lowest BCUT2D eigenvalue weighted by Gasteiger charge is -2.18. The van der Waals surface area contributed by atoms with Crippen LogP contribution in [0.25, 0.3) is 6.08 Å². The monoisotopic (exact) mass is 336 g/mol. The molecule has 0 aliphatic heterocycles. The van der Waals surface area contributed by atoms with Crippen molar-refractivity contribution < 1.29 is 4.79 Å². The molecule has 1 N–H and O–H groups in total. The number of amides is 1. The summed E-state index contributed by atoms with van der Waals surface area (Å²) < 4.78 is 0. The minimum absolute atomic E-state index is 0.0736. The smallest absolute Gasteiger partial charge is 0.244 e. The third-order valence-corrected chi connectivity index (χ3v) is 4.39. The molecular weight excluding hydrogens is 308 g/mol. The Labute approximate surface area is 151 Å². The van der Waals surface area contributed by atoms with E-state index in [0.717, 1.165) is 36.3 Å². The van der Waals surface area contributed by atoms with Crippen LogP contribution in [0.5, 0.6) is 0 Å². The number of benzene rings is 2. The lowest BCUT2D eigenvalue weighted by atomic mass is 10.1. The zero-order chi connectivity index (χ0) is 18.1. The van der Waals surface area contributed by atoms with Crippen LogP contribution in [0.1, 0.15) is 36.1 Å². The zero-order valence-electron chi connectivity index (χ0n) is 15.5. The Hall–Kier alpha value is -2.39. The van der Waals surface area contributed by atoms with E-state index in [0.29, 0.717) is 6.54 Å². The van der Waals surface area contributed by atoms with Gasteiger partial charge in [-0.05, 0) is 48.3 Å². The number of carbonyl (C=O) groups excluding carboxylic acids is 1. The van der Waals surface area contributed by atoms with Crippen molar-refractivity contribution in [2.75, 3.05) is 13.1 Å². The molecule has 0 aliphatic rings. The number of nitrogens with one attached hydrogen (secondary N) is 1. The van der Waals surface area contributed by atoms with Gasteiger partial charge in [0.25, 0.3) is 0 Å². The second-order valence-corrected chi connectivity index (χ2v) is 6.19. The molecule has 0 aromatic heterocycles. The maximum atomic E-state index is 12.0. The highest BCUT2D eigenvalue weighted by atomic mass is 16.1. The van der Waals surface area contributed by atoms with E-state index in [1.807, 2.05) is 37.3 Å². The minimum atomic E-state index is -0.0736. The third-order valence-electron chi connectivity index (χ3n) is 4.39. The predicted octanol–water partition coefficient (Wildman–Crippen LogP) is 4.17. The predicted molar refractivity (Wildman–Crippen MR) is 105 cm³/mol. The summed E-state index contributed by atoms with van der Waals surface area (Å²) in [7, 11) is 0. The van der Waals surface area contributed by atoms with E-state index >= 15 is 0 Å². The van der Waals surface area contributed by atoms with Crippen molar-refractivity contribution in [2.24, 2.45) is 0 Å². The summed E-state index contributed by atoms with van der Waals surface area (Å²) in [4.78, 5) is 14.4. The topological polar surface area (TPSA) is 32.3 Å². The molecule has 2 rings (SSSR count). The van der Waals surface area contributed by atoms with Crippen molar-refractivity contribution in [3.63, 3.8) is 0 Å². The average Bonchev–Trinajstić information content (AvgIpc) is 2.64. The average molecular weight is 336 g/mol. The first kappa shape index (κ1) is 18.9. The van der Waals surface area contributed by atoms with Crippen LogP contribution in [0, 0.1) is 6.92 Å². The molecule has 2 aromatic rings. The van der Waals surface area contributed by atoms with Gasteiger partial charge in [-0.3, -0.25) is 9.69 Å². The van der Waals surface area contributed by atoms with Crippen molar-refractivity contribution in [3.05, 3.63) is 76.9 Å². The van der Waals surface area contributed by atoms with Crippen molar-refractivity contribution >= 4 is 12.0 Å². The number of hydrogen-bond acceptors (Lipinski definition) is 2. The Morgan fingerprint density at radius 2 is 1.64 bits per heavy atom. The van der Waals surface area contributed by atoms with Crippen molar-refractivity contribution in [3.8, 4) is 0 Å². The fourth-order valence-electron chi connectivity index (χ4n) is 2.66. The molecule has 25 heavy (non-hydrogen) atoms. The van der Waals surface area contributed by atoms with Gasteiger partial charge in [-0.15, -0.1) is 0 Å². The highest BCUT2D eigenvalue weighted by Gasteiger charge is 2.02. The summed E-state index contributed by atoms with van der Waals surface area (Å²) in [6, 6.07) is 16.5. The molecule has 0 bridgehead atoms. The summed E-state index contributed by atoms with van der Waals surface area (Å²) in [5, 5.41) is 2.94. The number of nitrogens with zero attached hydrogens (tertiary/aromatic N) is 1. The molecule has 0 fully saturated rings. The van der Waals surface area contributed by atoms with Crippen LogP contribution in [-0.4, -0.2) is 23.9 Å². The van der Waals surface area contributed by atoms with Gasteiger partial charge in [0.2, 0.25) is 5.91 Å². The van der Waals surface area contributed by atoms with E-state index in [1.165, 1.54) is 5.56 Å². The number of aryl methyl sites for hydroxylation is 1. The molecular formula is C22H28N2O. The first-order chi connectivity index (χ1) is 12.1. The van der Waals surface area contributed by atoms with Crippen molar-refractivity contribution in [2.45, 2.75) is 33.9 Å². The fraction of sp³-hybridized carbons (Fsp3) is 0.318. The molecule has 132 valence electrons. The van der Waals surface area contributed by atoms with Gasteiger partial charge in [-0.1, -0.05) is 62.4 Å². The van der Waals surface area contributed by atoms with E-state index in [4.69, 9.17) is 0 Å². The second kappa shape index (κ2) is 9.80. The van der Waals surface area contributed by atoms with Gasteiger partial charge in [-0.25, -0.2) is 0 Å². The first-order valence-electron chi connectivity index (χ1n) is 8.94. The summed E-state index contributed by atoms with van der Waals surface area (Å²) in [6.45, 7) is 10.0. The SMILES string of the molecule is CCN(CC)Cc1ccc(CNC(=O)/C=C/c2ccccc2C)cc1. The first-order valence-corrected chi connectivity index (χ1v) is 8.94. The number of hydrogen-bond donors (Lipinski definition) is 1. The Morgan fingerprint density at radius 3 is 2.28 bits per heavy atom. The molecule has 0 aliphatic carbocycles. The minimum Gasteiger partial charge on any atom is -0.348 e. The van der Waals surface area contributed by atoms with Crippen molar-refractivity contribution in [1.82, 2.24) is 10.2 Å². The van der Waals surface area contributed by atoms with Gasteiger partial charge in [0, 0.05) is 19.2 Å². The quantitative estimate of drug-likeness (QED) is 0.734. The van der Waals surface area contributed by atoms with Gasteiger partial charge < -0.3 is 5.32 Å². The maximum absolute atomic E-state index is 12.0.